The zero-order valence-corrected chi connectivity index (χ0v) is 12.9. The number of methoxy groups -OCH3 is 2. The number of hydrogen-bond acceptors (Lipinski definition) is 4. The van der Waals surface area contributed by atoms with Gasteiger partial charge in [-0.15, -0.1) is 0 Å². The Hall–Kier alpha value is -1.95. The molecule has 1 aromatic rings. The fraction of sp³-hybridized carbons (Fsp3) is 0.533. The van der Waals surface area contributed by atoms with E-state index in [2.05, 4.69) is 10.6 Å². The number of ether oxygens (including phenoxy) is 3. The third-order valence-corrected chi connectivity index (χ3v) is 2.86. The maximum atomic E-state index is 11.6. The Morgan fingerprint density at radius 3 is 2.57 bits per heavy atom. The molecular weight excluding hydrogens is 272 g/mol. The van der Waals surface area contributed by atoms with Crippen LogP contribution in [-0.2, 0) is 11.3 Å². The monoisotopic (exact) mass is 296 g/mol. The Bertz CT molecular complexity index is 438. The number of nitrogens with one attached hydrogen (secondary N) is 2. The van der Waals surface area contributed by atoms with E-state index in [4.69, 9.17) is 14.2 Å². The van der Waals surface area contributed by atoms with Gasteiger partial charge in [0.05, 0.1) is 14.2 Å². The molecule has 0 aliphatic carbocycles. The molecule has 0 spiro atoms. The van der Waals surface area contributed by atoms with Crippen molar-refractivity contribution in [1.29, 1.82) is 0 Å². The molecule has 1 aromatic carbocycles. The summed E-state index contributed by atoms with van der Waals surface area (Å²) in [4.78, 5) is 11.6. The van der Waals surface area contributed by atoms with Crippen LogP contribution in [0.2, 0.25) is 0 Å². The van der Waals surface area contributed by atoms with Crippen molar-refractivity contribution in [3.8, 4) is 11.5 Å². The lowest BCUT2D eigenvalue weighted by Crippen LogP contribution is -2.35. The highest BCUT2D eigenvalue weighted by molar-refractivity contribution is 5.73. The zero-order valence-electron chi connectivity index (χ0n) is 12.9. The highest BCUT2D eigenvalue weighted by Crippen LogP contribution is 2.27. The van der Waals surface area contributed by atoms with Gasteiger partial charge in [-0.2, -0.15) is 0 Å². The molecule has 2 N–H and O–H groups in total. The van der Waals surface area contributed by atoms with Crippen LogP contribution in [0.3, 0.4) is 0 Å². The summed E-state index contributed by atoms with van der Waals surface area (Å²) in [7, 11) is 3.17. The van der Waals surface area contributed by atoms with E-state index < -0.39 is 0 Å². The number of carbonyl (C=O) groups is 1. The van der Waals surface area contributed by atoms with Crippen molar-refractivity contribution < 1.29 is 19.0 Å². The van der Waals surface area contributed by atoms with Crippen LogP contribution in [-0.4, -0.2) is 40.0 Å². The minimum atomic E-state index is -0.193. The summed E-state index contributed by atoms with van der Waals surface area (Å²) in [5.41, 5.74) is 0.942. The van der Waals surface area contributed by atoms with Crippen molar-refractivity contribution in [2.24, 2.45) is 0 Å². The molecule has 6 nitrogen and oxygen atoms in total. The number of carbonyl (C=O) groups excluding carboxylic acids is 1. The molecule has 21 heavy (non-hydrogen) atoms. The summed E-state index contributed by atoms with van der Waals surface area (Å²) >= 11 is 0. The molecule has 0 saturated carbocycles. The van der Waals surface area contributed by atoms with Gasteiger partial charge >= 0.3 is 6.03 Å². The van der Waals surface area contributed by atoms with Gasteiger partial charge in [0.1, 0.15) is 0 Å². The smallest absolute Gasteiger partial charge is 0.315 e. The van der Waals surface area contributed by atoms with Gasteiger partial charge in [0.2, 0.25) is 0 Å². The first-order valence-corrected chi connectivity index (χ1v) is 7.01. The van der Waals surface area contributed by atoms with Crippen molar-refractivity contribution in [3.05, 3.63) is 23.8 Å². The lowest BCUT2D eigenvalue weighted by molar-refractivity contribution is 0.145. The Labute approximate surface area is 125 Å². The average Bonchev–Trinajstić information content (AvgIpc) is 2.52. The second-order valence-electron chi connectivity index (χ2n) is 4.35. The average molecular weight is 296 g/mol. The predicted molar refractivity (Wildman–Crippen MR) is 80.9 cm³/mol. The van der Waals surface area contributed by atoms with Crippen LogP contribution in [0.4, 0.5) is 4.79 Å². The van der Waals surface area contributed by atoms with Gasteiger partial charge in [-0.05, 0) is 31.0 Å². The predicted octanol–water partition coefficient (Wildman–Crippen LogP) is 1.93. The van der Waals surface area contributed by atoms with Gasteiger partial charge in [0.25, 0.3) is 0 Å². The van der Waals surface area contributed by atoms with E-state index in [1.54, 1.807) is 14.2 Å². The molecule has 0 atom stereocenters. The highest BCUT2D eigenvalue weighted by Gasteiger charge is 2.05. The van der Waals surface area contributed by atoms with Crippen LogP contribution in [0.15, 0.2) is 18.2 Å². The standard InChI is InChI=1S/C15H24N2O4/c1-4-21-9-5-8-16-15(18)17-11-12-6-7-13(19-2)14(10-12)20-3/h6-7,10H,4-5,8-9,11H2,1-3H3,(H2,16,17,18). The normalized spacial score (nSPS) is 10.0. The molecule has 0 aromatic heterocycles. The maximum Gasteiger partial charge on any atom is 0.315 e. The SMILES string of the molecule is CCOCCCNC(=O)NCc1ccc(OC)c(OC)c1. The third kappa shape index (κ3) is 6.35. The maximum absolute atomic E-state index is 11.6. The van der Waals surface area contributed by atoms with E-state index >= 15 is 0 Å². The minimum Gasteiger partial charge on any atom is -0.493 e. The molecule has 118 valence electrons. The summed E-state index contributed by atoms with van der Waals surface area (Å²) in [6.45, 7) is 4.33. The molecule has 0 radical (unpaired) electrons. The van der Waals surface area contributed by atoms with Crippen molar-refractivity contribution in [1.82, 2.24) is 10.6 Å². The summed E-state index contributed by atoms with van der Waals surface area (Å²) in [6, 6.07) is 5.35. The summed E-state index contributed by atoms with van der Waals surface area (Å²) in [5.74, 6) is 1.32. The Morgan fingerprint density at radius 1 is 1.14 bits per heavy atom. The van der Waals surface area contributed by atoms with E-state index in [0.717, 1.165) is 12.0 Å². The summed E-state index contributed by atoms with van der Waals surface area (Å²) in [5, 5.41) is 5.57. The van der Waals surface area contributed by atoms with Crippen molar-refractivity contribution in [2.75, 3.05) is 34.0 Å². The molecule has 1 rings (SSSR count). The lowest BCUT2D eigenvalue weighted by Gasteiger charge is -2.11. The molecule has 0 saturated heterocycles. The van der Waals surface area contributed by atoms with Gasteiger partial charge in [0, 0.05) is 26.3 Å². The van der Waals surface area contributed by atoms with E-state index in [0.29, 0.717) is 37.8 Å². The highest BCUT2D eigenvalue weighted by atomic mass is 16.5. The number of urea groups is 1. The molecule has 0 aliphatic rings. The van der Waals surface area contributed by atoms with Crippen LogP contribution in [0, 0.1) is 0 Å². The number of amides is 2. The van der Waals surface area contributed by atoms with Crippen LogP contribution in [0.25, 0.3) is 0 Å². The minimum absolute atomic E-state index is 0.193. The van der Waals surface area contributed by atoms with Gasteiger partial charge < -0.3 is 24.8 Å². The largest absolute Gasteiger partial charge is 0.493 e. The van der Waals surface area contributed by atoms with Crippen LogP contribution in [0.5, 0.6) is 11.5 Å². The van der Waals surface area contributed by atoms with Gasteiger partial charge in [0.15, 0.2) is 11.5 Å². The van der Waals surface area contributed by atoms with Crippen molar-refractivity contribution >= 4 is 6.03 Å². The Balaban J connectivity index is 2.32. The molecule has 6 heteroatoms. The first kappa shape index (κ1) is 17.1. The molecule has 0 bridgehead atoms. The molecule has 0 fully saturated rings. The zero-order chi connectivity index (χ0) is 15.5. The summed E-state index contributed by atoms with van der Waals surface area (Å²) < 4.78 is 15.6. The van der Waals surface area contributed by atoms with E-state index in [1.165, 1.54) is 0 Å². The first-order valence-electron chi connectivity index (χ1n) is 7.01. The second kappa shape index (κ2) is 9.88. The summed E-state index contributed by atoms with van der Waals surface area (Å²) in [6.07, 6.45) is 0.803. The first-order chi connectivity index (χ1) is 10.2. The third-order valence-electron chi connectivity index (χ3n) is 2.86. The fourth-order valence-corrected chi connectivity index (χ4v) is 1.76. The molecule has 0 unspecified atom stereocenters. The van der Waals surface area contributed by atoms with Crippen LogP contribution < -0.4 is 20.1 Å². The second-order valence-corrected chi connectivity index (χ2v) is 4.35. The van der Waals surface area contributed by atoms with E-state index in [-0.39, 0.29) is 6.03 Å². The van der Waals surface area contributed by atoms with Crippen LogP contribution in [0.1, 0.15) is 18.9 Å². The van der Waals surface area contributed by atoms with E-state index in [9.17, 15) is 4.79 Å². The Kier molecular flexibility index (Phi) is 8.04. The quantitative estimate of drug-likeness (QED) is 0.683. The lowest BCUT2D eigenvalue weighted by atomic mass is 10.2. The fourth-order valence-electron chi connectivity index (χ4n) is 1.76. The topological polar surface area (TPSA) is 68.8 Å². The van der Waals surface area contributed by atoms with Gasteiger partial charge in [-0.1, -0.05) is 6.07 Å². The van der Waals surface area contributed by atoms with Crippen LogP contribution >= 0.6 is 0 Å². The number of rotatable bonds is 9. The Morgan fingerprint density at radius 2 is 1.90 bits per heavy atom. The van der Waals surface area contributed by atoms with Crippen molar-refractivity contribution in [3.63, 3.8) is 0 Å². The van der Waals surface area contributed by atoms with Gasteiger partial charge in [-0.25, -0.2) is 4.79 Å². The van der Waals surface area contributed by atoms with E-state index in [1.807, 2.05) is 25.1 Å². The molecule has 2 amide bonds. The molecular formula is C15H24N2O4. The molecule has 0 heterocycles. The molecule has 0 aliphatic heterocycles. The van der Waals surface area contributed by atoms with Gasteiger partial charge in [-0.3, -0.25) is 0 Å². The van der Waals surface area contributed by atoms with Crippen molar-refractivity contribution in [2.45, 2.75) is 19.9 Å². The number of benzene rings is 1. The number of hydrogen-bond donors (Lipinski definition) is 2.